The molecule has 0 atom stereocenters. The number of thiocarbonyl (C=S) groups is 1. The van der Waals surface area contributed by atoms with Crippen LogP contribution in [0.3, 0.4) is 0 Å². The fourth-order valence-corrected chi connectivity index (χ4v) is 1.81. The molecule has 0 aliphatic rings. The van der Waals surface area contributed by atoms with Gasteiger partial charge in [-0.1, -0.05) is 17.7 Å². The second-order valence-corrected chi connectivity index (χ2v) is 5.14. The zero-order valence-electron chi connectivity index (χ0n) is 12.4. The average molecular weight is 333 g/mol. The van der Waals surface area contributed by atoms with E-state index in [9.17, 15) is 9.18 Å². The highest BCUT2D eigenvalue weighted by molar-refractivity contribution is 7.80. The Kier molecular flexibility index (Phi) is 5.87. The van der Waals surface area contributed by atoms with E-state index in [0.29, 0.717) is 11.4 Å². The molecule has 120 valence electrons. The first kappa shape index (κ1) is 16.7. The van der Waals surface area contributed by atoms with Crippen LogP contribution in [-0.4, -0.2) is 17.6 Å². The number of carbonyl (C=O) groups excluding carboxylic acids is 1. The molecule has 0 aliphatic carbocycles. The molecular weight excluding hydrogens is 317 g/mol. The molecule has 0 saturated carbocycles. The zero-order chi connectivity index (χ0) is 16.7. The van der Waals surface area contributed by atoms with Gasteiger partial charge in [-0.3, -0.25) is 15.6 Å². The maximum Gasteiger partial charge on any atom is 0.276 e. The Balaban J connectivity index is 1.70. The Morgan fingerprint density at radius 3 is 2.39 bits per heavy atom. The average Bonchev–Trinajstić information content (AvgIpc) is 2.54. The Hall–Kier alpha value is -2.67. The number of hydrogen-bond donors (Lipinski definition) is 3. The van der Waals surface area contributed by atoms with Crippen molar-refractivity contribution >= 4 is 28.9 Å². The Morgan fingerprint density at radius 1 is 1.09 bits per heavy atom. The Bertz CT molecular complexity index is 675. The van der Waals surface area contributed by atoms with Crippen molar-refractivity contribution < 1.29 is 13.9 Å². The van der Waals surface area contributed by atoms with Crippen molar-refractivity contribution in [1.82, 2.24) is 10.9 Å². The number of aryl methyl sites for hydroxylation is 1. The van der Waals surface area contributed by atoms with Gasteiger partial charge in [0.2, 0.25) is 0 Å². The summed E-state index contributed by atoms with van der Waals surface area (Å²) >= 11 is 5.01. The molecule has 0 saturated heterocycles. The van der Waals surface area contributed by atoms with Crippen LogP contribution in [0.15, 0.2) is 48.5 Å². The first-order valence-electron chi connectivity index (χ1n) is 6.84. The van der Waals surface area contributed by atoms with Crippen LogP contribution in [0.4, 0.5) is 10.1 Å². The minimum atomic E-state index is -0.381. The van der Waals surface area contributed by atoms with Crippen LogP contribution >= 0.6 is 12.2 Å². The Labute approximate surface area is 138 Å². The summed E-state index contributed by atoms with van der Waals surface area (Å²) in [6.45, 7) is 1.82. The number of hydrazine groups is 1. The molecule has 0 aromatic heterocycles. The largest absolute Gasteiger partial charge is 0.484 e. The standard InChI is InChI=1S/C16H16FN3O2S/c1-11-2-8-14(9-3-11)22-10-15(21)19-20-16(23)18-13-6-4-12(17)5-7-13/h2-9H,10H2,1H3,(H,19,21)(H2,18,20,23). The van der Waals surface area contributed by atoms with Crippen molar-refractivity contribution in [2.45, 2.75) is 6.92 Å². The number of anilines is 1. The van der Waals surface area contributed by atoms with Crippen molar-refractivity contribution in [1.29, 1.82) is 0 Å². The highest BCUT2D eigenvalue weighted by Crippen LogP contribution is 2.11. The quantitative estimate of drug-likeness (QED) is 0.593. The van der Waals surface area contributed by atoms with Crippen LogP contribution in [0.2, 0.25) is 0 Å². The summed E-state index contributed by atoms with van der Waals surface area (Å²) in [7, 11) is 0. The number of nitrogens with one attached hydrogen (secondary N) is 3. The molecule has 0 spiro atoms. The number of rotatable bonds is 4. The molecule has 0 unspecified atom stereocenters. The number of hydrogen-bond acceptors (Lipinski definition) is 3. The normalized spacial score (nSPS) is 9.83. The predicted molar refractivity (Wildman–Crippen MR) is 90.6 cm³/mol. The van der Waals surface area contributed by atoms with E-state index in [1.165, 1.54) is 24.3 Å². The molecule has 1 amide bonds. The molecule has 2 rings (SSSR count). The molecule has 0 heterocycles. The van der Waals surface area contributed by atoms with Crippen molar-refractivity contribution in [2.24, 2.45) is 0 Å². The van der Waals surface area contributed by atoms with Crippen LogP contribution in [0.5, 0.6) is 5.75 Å². The summed E-state index contributed by atoms with van der Waals surface area (Å²) in [4.78, 5) is 11.6. The van der Waals surface area contributed by atoms with E-state index in [4.69, 9.17) is 17.0 Å². The number of halogens is 1. The molecule has 2 aromatic rings. The highest BCUT2D eigenvalue weighted by atomic mass is 32.1. The van der Waals surface area contributed by atoms with Gasteiger partial charge in [0.05, 0.1) is 0 Å². The minimum absolute atomic E-state index is 0.144. The lowest BCUT2D eigenvalue weighted by Crippen LogP contribution is -2.45. The van der Waals surface area contributed by atoms with E-state index in [2.05, 4.69) is 16.2 Å². The van der Waals surface area contributed by atoms with Gasteiger partial charge in [-0.2, -0.15) is 0 Å². The van der Waals surface area contributed by atoms with Gasteiger partial charge in [-0.25, -0.2) is 4.39 Å². The van der Waals surface area contributed by atoms with Gasteiger partial charge in [-0.15, -0.1) is 0 Å². The highest BCUT2D eigenvalue weighted by Gasteiger charge is 2.04. The molecular formula is C16H16FN3O2S. The second kappa shape index (κ2) is 8.09. The molecule has 23 heavy (non-hydrogen) atoms. The first-order valence-corrected chi connectivity index (χ1v) is 7.24. The minimum Gasteiger partial charge on any atom is -0.484 e. The second-order valence-electron chi connectivity index (χ2n) is 4.74. The van der Waals surface area contributed by atoms with Gasteiger partial charge in [0.15, 0.2) is 11.7 Å². The van der Waals surface area contributed by atoms with E-state index in [-0.39, 0.29) is 23.4 Å². The lowest BCUT2D eigenvalue weighted by atomic mass is 10.2. The fourth-order valence-electron chi connectivity index (χ4n) is 1.64. The maximum absolute atomic E-state index is 12.8. The zero-order valence-corrected chi connectivity index (χ0v) is 13.2. The third kappa shape index (κ3) is 5.91. The monoisotopic (exact) mass is 333 g/mol. The summed E-state index contributed by atoms with van der Waals surface area (Å²) in [5.74, 6) is -0.109. The van der Waals surface area contributed by atoms with Crippen molar-refractivity contribution in [2.75, 3.05) is 11.9 Å². The van der Waals surface area contributed by atoms with Crippen LogP contribution in [0.25, 0.3) is 0 Å². The van der Waals surface area contributed by atoms with Crippen LogP contribution in [0.1, 0.15) is 5.56 Å². The smallest absolute Gasteiger partial charge is 0.276 e. The van der Waals surface area contributed by atoms with E-state index in [1.54, 1.807) is 12.1 Å². The number of carbonyl (C=O) groups is 1. The molecule has 0 aliphatic heterocycles. The van der Waals surface area contributed by atoms with E-state index in [1.807, 2.05) is 19.1 Å². The van der Waals surface area contributed by atoms with Gasteiger partial charge >= 0.3 is 0 Å². The van der Waals surface area contributed by atoms with Crippen LogP contribution in [-0.2, 0) is 4.79 Å². The molecule has 0 radical (unpaired) electrons. The summed E-state index contributed by atoms with van der Waals surface area (Å²) in [5, 5.41) is 2.98. The molecule has 5 nitrogen and oxygen atoms in total. The topological polar surface area (TPSA) is 62.4 Å². The predicted octanol–water partition coefficient (Wildman–Crippen LogP) is 2.53. The maximum atomic E-state index is 12.8. The molecule has 3 N–H and O–H groups in total. The molecule has 7 heteroatoms. The van der Waals surface area contributed by atoms with Crippen molar-refractivity contribution in [3.8, 4) is 5.75 Å². The molecule has 0 bridgehead atoms. The van der Waals surface area contributed by atoms with Crippen molar-refractivity contribution in [3.05, 3.63) is 59.9 Å². The van der Waals surface area contributed by atoms with Gasteiger partial charge in [0, 0.05) is 5.69 Å². The van der Waals surface area contributed by atoms with Crippen molar-refractivity contribution in [3.63, 3.8) is 0 Å². The summed E-state index contributed by atoms with van der Waals surface area (Å²) in [5.41, 5.74) is 6.66. The summed E-state index contributed by atoms with van der Waals surface area (Å²) in [6.07, 6.45) is 0. The number of amides is 1. The third-order valence-corrected chi connectivity index (χ3v) is 3.01. The van der Waals surface area contributed by atoms with Gasteiger partial charge in [0.1, 0.15) is 11.6 Å². The molecule has 2 aromatic carbocycles. The lowest BCUT2D eigenvalue weighted by molar-refractivity contribution is -0.123. The first-order chi connectivity index (χ1) is 11.0. The van der Waals surface area contributed by atoms with Gasteiger partial charge in [0.25, 0.3) is 5.91 Å². The van der Waals surface area contributed by atoms with Gasteiger partial charge in [-0.05, 0) is 55.5 Å². The van der Waals surface area contributed by atoms with Crippen LogP contribution < -0.4 is 20.9 Å². The van der Waals surface area contributed by atoms with E-state index in [0.717, 1.165) is 5.56 Å². The summed E-state index contributed by atoms with van der Waals surface area (Å²) < 4.78 is 18.1. The van der Waals surface area contributed by atoms with E-state index < -0.39 is 0 Å². The molecule has 0 fully saturated rings. The lowest BCUT2D eigenvalue weighted by Gasteiger charge is -2.12. The van der Waals surface area contributed by atoms with E-state index >= 15 is 0 Å². The fraction of sp³-hybridized carbons (Fsp3) is 0.125. The SMILES string of the molecule is Cc1ccc(OCC(=O)NNC(=S)Nc2ccc(F)cc2)cc1. The number of ether oxygens (including phenoxy) is 1. The van der Waals surface area contributed by atoms with Crippen LogP contribution in [0, 0.1) is 12.7 Å². The Morgan fingerprint density at radius 2 is 1.74 bits per heavy atom. The van der Waals surface area contributed by atoms with Gasteiger partial charge < -0.3 is 10.1 Å². The summed E-state index contributed by atoms with van der Waals surface area (Å²) in [6, 6.07) is 13.0. The third-order valence-electron chi connectivity index (χ3n) is 2.81. The number of benzene rings is 2.